The molecule has 200 valence electrons. The van der Waals surface area contributed by atoms with Gasteiger partial charge in [0, 0.05) is 10.3 Å². The van der Waals surface area contributed by atoms with Gasteiger partial charge in [-0.15, -0.1) is 0 Å². The molecule has 0 amide bonds. The Morgan fingerprint density at radius 3 is 1.24 bits per heavy atom. The van der Waals surface area contributed by atoms with Crippen molar-refractivity contribution in [2.24, 2.45) is 0 Å². The minimum atomic E-state index is -8.63. The van der Waals surface area contributed by atoms with E-state index in [4.69, 9.17) is 5.11 Å². The first-order valence-electron chi connectivity index (χ1n) is 7.74. The Balaban J connectivity index is 6.37. The molecular formula is C13H10F17IO2. The summed E-state index contributed by atoms with van der Waals surface area (Å²) in [7, 11) is 0. The van der Waals surface area contributed by atoms with Crippen LogP contribution in [0.4, 0.5) is 74.6 Å². The lowest BCUT2D eigenvalue weighted by Gasteiger charge is -2.43. The standard InChI is InChI=1S/C13H10F17IO2/c14-6(15,3-5(31)4-33-2-1-32)7(16,17)8(18,19)9(20,21)10(22,23)11(24,25)12(26,27)13(28,29)30/h5,32H,1-4H2. The maximum absolute atomic E-state index is 13.7. The van der Waals surface area contributed by atoms with Gasteiger partial charge in [0.15, 0.2) is 0 Å². The van der Waals surface area contributed by atoms with Crippen LogP contribution in [0.25, 0.3) is 0 Å². The van der Waals surface area contributed by atoms with Crippen molar-refractivity contribution in [3.05, 3.63) is 0 Å². The first-order chi connectivity index (χ1) is 14.2. The summed E-state index contributed by atoms with van der Waals surface area (Å²) in [6.45, 7) is -2.42. The van der Waals surface area contributed by atoms with Crippen LogP contribution in [0.15, 0.2) is 0 Å². The predicted molar refractivity (Wildman–Crippen MR) is 81.0 cm³/mol. The summed E-state index contributed by atoms with van der Waals surface area (Å²) in [6, 6.07) is 0. The van der Waals surface area contributed by atoms with Gasteiger partial charge < -0.3 is 9.84 Å². The molecule has 1 atom stereocenters. The first kappa shape index (κ1) is 32.5. The third-order valence-electron chi connectivity index (χ3n) is 3.80. The van der Waals surface area contributed by atoms with Gasteiger partial charge in [-0.1, -0.05) is 22.6 Å². The molecule has 0 bridgehead atoms. The number of rotatable bonds is 12. The third-order valence-corrected chi connectivity index (χ3v) is 4.60. The van der Waals surface area contributed by atoms with E-state index in [0.29, 0.717) is 0 Å². The molecule has 0 saturated heterocycles. The van der Waals surface area contributed by atoms with Crippen LogP contribution in [0.1, 0.15) is 6.42 Å². The lowest BCUT2D eigenvalue weighted by Crippen LogP contribution is -2.74. The molecule has 20 heteroatoms. The van der Waals surface area contributed by atoms with Crippen LogP contribution in [-0.4, -0.2) is 76.5 Å². The third kappa shape index (κ3) is 5.20. The van der Waals surface area contributed by atoms with Crippen LogP contribution in [0, 0.1) is 0 Å². The number of hydrogen-bond acceptors (Lipinski definition) is 2. The van der Waals surface area contributed by atoms with Gasteiger partial charge in [-0.2, -0.15) is 74.6 Å². The predicted octanol–water partition coefficient (Wildman–Crippen LogP) is 6.20. The van der Waals surface area contributed by atoms with Crippen molar-refractivity contribution in [1.82, 2.24) is 0 Å². The minimum Gasteiger partial charge on any atom is -0.394 e. The minimum absolute atomic E-state index is 0.621. The molecule has 1 N–H and O–H groups in total. The maximum Gasteiger partial charge on any atom is 0.460 e. The summed E-state index contributed by atoms with van der Waals surface area (Å²) in [5, 5.41) is 8.35. The Labute approximate surface area is 185 Å². The van der Waals surface area contributed by atoms with Crippen LogP contribution < -0.4 is 0 Å². The highest BCUT2D eigenvalue weighted by molar-refractivity contribution is 14.1. The molecule has 0 aromatic heterocycles. The summed E-state index contributed by atoms with van der Waals surface area (Å²) in [5.74, 6) is -56.3. The van der Waals surface area contributed by atoms with Gasteiger partial charge >= 0.3 is 47.6 Å². The van der Waals surface area contributed by atoms with Crippen LogP contribution in [0.3, 0.4) is 0 Å². The highest BCUT2D eigenvalue weighted by Crippen LogP contribution is 2.64. The van der Waals surface area contributed by atoms with Gasteiger partial charge in [0.05, 0.1) is 19.8 Å². The smallest absolute Gasteiger partial charge is 0.394 e. The zero-order valence-corrected chi connectivity index (χ0v) is 17.2. The Morgan fingerprint density at radius 1 is 0.576 bits per heavy atom. The highest BCUT2D eigenvalue weighted by atomic mass is 127. The fourth-order valence-electron chi connectivity index (χ4n) is 1.94. The van der Waals surface area contributed by atoms with E-state index in [0.717, 1.165) is 22.6 Å². The van der Waals surface area contributed by atoms with Crippen molar-refractivity contribution < 1.29 is 84.5 Å². The Bertz CT molecular complexity index is 660. The summed E-state index contributed by atoms with van der Waals surface area (Å²) < 4.78 is 225. The van der Waals surface area contributed by atoms with E-state index < -0.39 is 77.8 Å². The molecule has 0 radical (unpaired) electrons. The summed E-state index contributed by atoms with van der Waals surface area (Å²) >= 11 is 0.799. The van der Waals surface area contributed by atoms with Crippen molar-refractivity contribution in [3.63, 3.8) is 0 Å². The Kier molecular flexibility index (Phi) is 9.33. The normalized spacial score (nSPS) is 16.8. The molecule has 0 heterocycles. The quantitative estimate of drug-likeness (QED) is 0.118. The maximum atomic E-state index is 13.7. The van der Waals surface area contributed by atoms with Gasteiger partial charge in [-0.05, 0) is 0 Å². The molecule has 2 nitrogen and oxygen atoms in total. The van der Waals surface area contributed by atoms with E-state index >= 15 is 0 Å². The molecule has 0 aromatic carbocycles. The molecule has 0 fully saturated rings. The number of alkyl halides is 18. The summed E-state index contributed by atoms with van der Waals surface area (Å²) in [6.07, 6.45) is -10.3. The molecule has 0 aromatic rings. The molecule has 0 aliphatic heterocycles. The van der Waals surface area contributed by atoms with Gasteiger partial charge in [0.1, 0.15) is 0 Å². The SMILES string of the molecule is OCCOCC(I)CC(F)(F)C(F)(F)C(F)(F)C(F)(F)C(F)(F)C(F)(F)C(F)(F)C(F)(F)F. The van der Waals surface area contributed by atoms with Gasteiger partial charge in [0.25, 0.3) is 0 Å². The monoisotopic (exact) mass is 648 g/mol. The summed E-state index contributed by atoms with van der Waals surface area (Å²) in [4.78, 5) is 0. The molecule has 0 aliphatic carbocycles. The van der Waals surface area contributed by atoms with Crippen LogP contribution in [0.2, 0.25) is 0 Å². The second kappa shape index (κ2) is 9.49. The number of aliphatic hydroxyl groups is 1. The van der Waals surface area contributed by atoms with E-state index in [-0.39, 0.29) is 0 Å². The fraction of sp³-hybridized carbons (Fsp3) is 1.00. The van der Waals surface area contributed by atoms with Crippen LogP contribution in [-0.2, 0) is 4.74 Å². The van der Waals surface area contributed by atoms with Crippen LogP contribution in [0.5, 0.6) is 0 Å². The largest absolute Gasteiger partial charge is 0.460 e. The van der Waals surface area contributed by atoms with Crippen LogP contribution >= 0.6 is 22.6 Å². The first-order valence-corrected chi connectivity index (χ1v) is 8.99. The zero-order chi connectivity index (χ0) is 27.1. The van der Waals surface area contributed by atoms with Crippen molar-refractivity contribution >= 4 is 22.6 Å². The van der Waals surface area contributed by atoms with E-state index in [1.807, 2.05) is 0 Å². The average molecular weight is 648 g/mol. The van der Waals surface area contributed by atoms with E-state index in [1.54, 1.807) is 0 Å². The van der Waals surface area contributed by atoms with Gasteiger partial charge in [-0.25, -0.2) is 0 Å². The second-order valence-corrected chi connectivity index (χ2v) is 8.01. The molecule has 0 saturated carbocycles. The molecule has 0 aliphatic rings. The van der Waals surface area contributed by atoms with E-state index in [9.17, 15) is 74.6 Å². The topological polar surface area (TPSA) is 29.5 Å². The average Bonchev–Trinajstić information content (AvgIpc) is 2.59. The van der Waals surface area contributed by atoms with Crippen molar-refractivity contribution in [2.45, 2.75) is 58.0 Å². The van der Waals surface area contributed by atoms with Crippen molar-refractivity contribution in [1.29, 1.82) is 0 Å². The second-order valence-electron chi connectivity index (χ2n) is 6.25. The highest BCUT2D eigenvalue weighted by Gasteiger charge is 2.95. The number of ether oxygens (including phenoxy) is 1. The van der Waals surface area contributed by atoms with Gasteiger partial charge in [0.2, 0.25) is 0 Å². The number of hydrogen-bond donors (Lipinski definition) is 1. The molecule has 33 heavy (non-hydrogen) atoms. The van der Waals surface area contributed by atoms with E-state index in [1.165, 1.54) is 0 Å². The molecule has 1 unspecified atom stereocenters. The molecule has 0 rings (SSSR count). The number of aliphatic hydroxyl groups excluding tert-OH is 1. The Morgan fingerprint density at radius 2 is 0.909 bits per heavy atom. The Hall–Kier alpha value is -0.540. The number of halogens is 18. The lowest BCUT2D eigenvalue weighted by molar-refractivity contribution is -0.461. The van der Waals surface area contributed by atoms with Gasteiger partial charge in [-0.3, -0.25) is 0 Å². The summed E-state index contributed by atoms with van der Waals surface area (Å²) in [5.41, 5.74) is 0. The van der Waals surface area contributed by atoms with Crippen molar-refractivity contribution in [3.8, 4) is 0 Å². The molecule has 0 spiro atoms. The van der Waals surface area contributed by atoms with Crippen molar-refractivity contribution in [2.75, 3.05) is 19.8 Å². The lowest BCUT2D eigenvalue weighted by atomic mass is 9.88. The molecular weight excluding hydrogens is 638 g/mol. The zero-order valence-electron chi connectivity index (χ0n) is 15.1. The van der Waals surface area contributed by atoms with E-state index in [2.05, 4.69) is 4.74 Å². The fourth-order valence-corrected chi connectivity index (χ4v) is 2.74.